The van der Waals surface area contributed by atoms with Crippen LogP contribution in [-0.4, -0.2) is 53.5 Å². The number of hydrogen-bond donors (Lipinski definition) is 2. The molecule has 0 spiro atoms. The molecule has 0 fully saturated rings. The van der Waals surface area contributed by atoms with Crippen LogP contribution in [0.5, 0.6) is 5.75 Å². The van der Waals surface area contributed by atoms with Crippen LogP contribution in [-0.2, 0) is 17.8 Å². The van der Waals surface area contributed by atoms with Crippen LogP contribution in [0.3, 0.4) is 0 Å². The van der Waals surface area contributed by atoms with Crippen LogP contribution in [0.25, 0.3) is 10.9 Å². The Morgan fingerprint density at radius 1 is 0.950 bits per heavy atom. The van der Waals surface area contributed by atoms with Crippen LogP contribution >= 0.6 is 0 Å². The summed E-state index contributed by atoms with van der Waals surface area (Å²) in [5, 5.41) is 4.19. The zero-order chi connectivity index (χ0) is 28.5. The van der Waals surface area contributed by atoms with Crippen molar-refractivity contribution in [3.8, 4) is 5.75 Å². The maximum Gasteiger partial charge on any atom is 0.322 e. The van der Waals surface area contributed by atoms with E-state index in [0.29, 0.717) is 26.1 Å². The fourth-order valence-electron chi connectivity index (χ4n) is 4.85. The molecule has 7 nitrogen and oxygen atoms in total. The minimum Gasteiger partial charge on any atom is -0.497 e. The fourth-order valence-corrected chi connectivity index (χ4v) is 4.85. The van der Waals surface area contributed by atoms with E-state index in [0.717, 1.165) is 51.9 Å². The van der Waals surface area contributed by atoms with E-state index in [1.807, 2.05) is 79.5 Å². The molecule has 1 heterocycles. The third kappa shape index (κ3) is 7.44. The summed E-state index contributed by atoms with van der Waals surface area (Å²) >= 11 is 0. The highest BCUT2D eigenvalue weighted by Crippen LogP contribution is 2.20. The molecule has 0 aliphatic carbocycles. The van der Waals surface area contributed by atoms with E-state index >= 15 is 0 Å². The van der Waals surface area contributed by atoms with Gasteiger partial charge >= 0.3 is 6.03 Å². The number of nitrogens with zero attached hydrogens (tertiary/aromatic N) is 2. The number of carbonyl (C=O) groups excluding carboxylic acids is 2. The number of rotatable bonds is 12. The molecule has 0 saturated heterocycles. The number of amides is 3. The van der Waals surface area contributed by atoms with Crippen molar-refractivity contribution < 1.29 is 14.3 Å². The van der Waals surface area contributed by atoms with Crippen LogP contribution in [0.4, 0.5) is 10.5 Å². The largest absolute Gasteiger partial charge is 0.497 e. The van der Waals surface area contributed by atoms with Crippen molar-refractivity contribution in [1.29, 1.82) is 0 Å². The SMILES string of the molecule is CCCCN(CC(=O)N(CCc1c[nH]c2ccccc12)Cc1ccc(OC)cc1)C(=O)Nc1ccc(C)cc1C. The lowest BCUT2D eigenvalue weighted by Crippen LogP contribution is -2.45. The van der Waals surface area contributed by atoms with E-state index in [-0.39, 0.29) is 18.5 Å². The molecule has 0 aliphatic heterocycles. The van der Waals surface area contributed by atoms with Crippen molar-refractivity contribution >= 4 is 28.5 Å². The van der Waals surface area contributed by atoms with E-state index in [2.05, 4.69) is 29.4 Å². The van der Waals surface area contributed by atoms with Crippen LogP contribution in [0.1, 0.15) is 42.0 Å². The standard InChI is InChI=1S/C33H40N4O3/c1-5-6-18-37(33(39)35-30-16-11-24(2)20-25(30)3)23-32(38)36(22-26-12-14-28(40-4)15-13-26)19-17-27-21-34-31-10-8-7-9-29(27)31/h7-16,20-21,34H,5-6,17-19,22-23H2,1-4H3,(H,35,39). The predicted molar refractivity (Wildman–Crippen MR) is 162 cm³/mol. The van der Waals surface area contributed by atoms with Crippen molar-refractivity contribution in [2.75, 3.05) is 32.1 Å². The van der Waals surface area contributed by atoms with Gasteiger partial charge in [-0.2, -0.15) is 0 Å². The quantitative estimate of drug-likeness (QED) is 0.210. The molecule has 0 radical (unpaired) electrons. The number of nitrogens with one attached hydrogen (secondary N) is 2. The first kappa shape index (κ1) is 28.7. The Morgan fingerprint density at radius 3 is 2.45 bits per heavy atom. The summed E-state index contributed by atoms with van der Waals surface area (Å²) < 4.78 is 5.30. The molecule has 0 aliphatic rings. The Balaban J connectivity index is 1.52. The van der Waals surface area contributed by atoms with Crippen LogP contribution < -0.4 is 10.1 Å². The molecule has 0 atom stereocenters. The average molecular weight is 541 g/mol. The molecule has 2 N–H and O–H groups in total. The summed E-state index contributed by atoms with van der Waals surface area (Å²) in [5.41, 5.74) is 6.15. The van der Waals surface area contributed by atoms with Crippen molar-refractivity contribution in [3.05, 3.63) is 95.2 Å². The number of H-pyrrole nitrogens is 1. The zero-order valence-corrected chi connectivity index (χ0v) is 24.0. The third-order valence-electron chi connectivity index (χ3n) is 7.23. The number of methoxy groups -OCH3 is 1. The number of benzene rings is 3. The van der Waals surface area contributed by atoms with Gasteiger partial charge in [-0.15, -0.1) is 0 Å². The van der Waals surface area contributed by atoms with E-state index in [1.54, 1.807) is 12.0 Å². The summed E-state index contributed by atoms with van der Waals surface area (Å²) in [4.78, 5) is 34.0. The third-order valence-corrected chi connectivity index (χ3v) is 7.23. The topological polar surface area (TPSA) is 77.7 Å². The molecule has 4 rings (SSSR count). The molecular weight excluding hydrogens is 500 g/mol. The van der Waals surface area contributed by atoms with E-state index in [9.17, 15) is 9.59 Å². The molecular formula is C33H40N4O3. The Bertz CT molecular complexity index is 1430. The molecule has 1 aromatic heterocycles. The van der Waals surface area contributed by atoms with Gasteiger partial charge in [-0.05, 0) is 67.6 Å². The van der Waals surface area contributed by atoms with Gasteiger partial charge in [-0.25, -0.2) is 4.79 Å². The Kier molecular flexibility index (Phi) is 9.84. The maximum absolute atomic E-state index is 13.8. The van der Waals surface area contributed by atoms with Gasteiger partial charge in [0.1, 0.15) is 12.3 Å². The van der Waals surface area contributed by atoms with Gasteiger partial charge in [0.2, 0.25) is 5.91 Å². The molecule has 0 unspecified atom stereocenters. The number of fused-ring (bicyclic) bond motifs is 1. The Hall–Kier alpha value is -4.26. The monoisotopic (exact) mass is 540 g/mol. The zero-order valence-electron chi connectivity index (χ0n) is 24.0. The molecule has 4 aromatic rings. The molecule has 3 amide bonds. The Morgan fingerprint density at radius 2 is 1.73 bits per heavy atom. The van der Waals surface area contributed by atoms with E-state index < -0.39 is 0 Å². The van der Waals surface area contributed by atoms with E-state index in [4.69, 9.17) is 4.74 Å². The van der Waals surface area contributed by atoms with Crippen molar-refractivity contribution in [3.63, 3.8) is 0 Å². The van der Waals surface area contributed by atoms with Gasteiger partial charge < -0.3 is 24.8 Å². The number of hydrogen-bond acceptors (Lipinski definition) is 3. The highest BCUT2D eigenvalue weighted by atomic mass is 16.5. The van der Waals surface area contributed by atoms with Gasteiger partial charge in [-0.1, -0.05) is 61.4 Å². The first-order valence-corrected chi connectivity index (χ1v) is 14.0. The van der Waals surface area contributed by atoms with Crippen LogP contribution in [0.15, 0.2) is 72.9 Å². The Labute approximate surface area is 237 Å². The second kappa shape index (κ2) is 13.7. The summed E-state index contributed by atoms with van der Waals surface area (Å²) in [7, 11) is 1.64. The molecule has 7 heteroatoms. The first-order chi connectivity index (χ1) is 19.4. The predicted octanol–water partition coefficient (Wildman–Crippen LogP) is 6.70. The number of aromatic amines is 1. The number of anilines is 1. The summed E-state index contributed by atoms with van der Waals surface area (Å²) in [6.45, 7) is 7.60. The fraction of sp³-hybridized carbons (Fsp3) is 0.333. The van der Waals surface area contributed by atoms with E-state index in [1.165, 1.54) is 5.56 Å². The second-order valence-corrected chi connectivity index (χ2v) is 10.3. The number of aromatic nitrogens is 1. The molecule has 0 bridgehead atoms. The number of para-hydroxylation sites is 1. The number of ether oxygens (including phenoxy) is 1. The smallest absolute Gasteiger partial charge is 0.322 e. The molecule has 210 valence electrons. The number of urea groups is 1. The lowest BCUT2D eigenvalue weighted by molar-refractivity contribution is -0.132. The minimum atomic E-state index is -0.255. The molecule has 3 aromatic carbocycles. The second-order valence-electron chi connectivity index (χ2n) is 10.3. The number of unbranched alkanes of at least 4 members (excludes halogenated alkanes) is 1. The van der Waals surface area contributed by atoms with Gasteiger partial charge in [0.25, 0.3) is 0 Å². The normalized spacial score (nSPS) is 10.9. The summed E-state index contributed by atoms with van der Waals surface area (Å²) in [6, 6.07) is 21.6. The first-order valence-electron chi connectivity index (χ1n) is 14.0. The van der Waals surface area contributed by atoms with Crippen molar-refractivity contribution in [1.82, 2.24) is 14.8 Å². The van der Waals surface area contributed by atoms with Crippen LogP contribution in [0, 0.1) is 13.8 Å². The van der Waals surface area contributed by atoms with Gasteiger partial charge in [0.15, 0.2) is 0 Å². The van der Waals surface area contributed by atoms with Gasteiger partial charge in [0.05, 0.1) is 7.11 Å². The van der Waals surface area contributed by atoms with Crippen molar-refractivity contribution in [2.24, 2.45) is 0 Å². The highest BCUT2D eigenvalue weighted by molar-refractivity contribution is 5.93. The van der Waals surface area contributed by atoms with Gasteiger partial charge in [-0.3, -0.25) is 4.79 Å². The van der Waals surface area contributed by atoms with Crippen molar-refractivity contribution in [2.45, 2.75) is 46.6 Å². The summed E-state index contributed by atoms with van der Waals surface area (Å²) in [6.07, 6.45) is 4.47. The molecule has 0 saturated carbocycles. The number of carbonyl (C=O) groups is 2. The lowest BCUT2D eigenvalue weighted by atomic mass is 10.1. The molecule has 40 heavy (non-hydrogen) atoms. The van der Waals surface area contributed by atoms with Gasteiger partial charge in [0, 0.05) is 42.4 Å². The highest BCUT2D eigenvalue weighted by Gasteiger charge is 2.22. The number of aryl methyl sites for hydroxylation is 2. The average Bonchev–Trinajstić information content (AvgIpc) is 3.38. The summed E-state index contributed by atoms with van der Waals surface area (Å²) in [5.74, 6) is 0.691. The lowest BCUT2D eigenvalue weighted by Gasteiger charge is -2.28. The minimum absolute atomic E-state index is 0.0147. The maximum atomic E-state index is 13.8. The van der Waals surface area contributed by atoms with Crippen LogP contribution in [0.2, 0.25) is 0 Å².